The highest BCUT2D eigenvalue weighted by Gasteiger charge is 2.23. The molecule has 3 aromatic carbocycles. The number of halogens is 3. The molecule has 0 saturated heterocycles. The number of non-ortho nitro benzene ring substituents is 1. The Labute approximate surface area is 230 Å². The second-order valence-electron chi connectivity index (χ2n) is 9.21. The van der Waals surface area contributed by atoms with E-state index in [4.69, 9.17) is 27.9 Å². The van der Waals surface area contributed by atoms with Crippen LogP contribution in [0.1, 0.15) is 37.7 Å². The zero-order valence-electron chi connectivity index (χ0n) is 20.0. The molecular weight excluding hydrogens is 583 g/mol. The average molecular weight is 604 g/mol. The molecule has 0 radical (unpaired) electrons. The van der Waals surface area contributed by atoms with Crippen LogP contribution in [-0.4, -0.2) is 20.8 Å². The molecule has 8 nitrogen and oxygen atoms in total. The summed E-state index contributed by atoms with van der Waals surface area (Å²) < 4.78 is 7.88. The number of rotatable bonds is 6. The third kappa shape index (κ3) is 6.01. The average Bonchev–Trinajstić information content (AvgIpc) is 2.82. The smallest absolute Gasteiger partial charge is 0.282 e. The van der Waals surface area contributed by atoms with Crippen LogP contribution in [0.25, 0.3) is 10.9 Å². The van der Waals surface area contributed by atoms with Crippen molar-refractivity contribution in [1.82, 2.24) is 9.66 Å². The van der Waals surface area contributed by atoms with Crippen LogP contribution < -0.4 is 10.3 Å². The van der Waals surface area contributed by atoms with Crippen molar-refractivity contribution in [1.29, 1.82) is 0 Å². The lowest BCUT2D eigenvalue weighted by Gasteiger charge is -2.21. The van der Waals surface area contributed by atoms with Crippen molar-refractivity contribution in [3.05, 3.63) is 107 Å². The number of nitrogens with zero attached hydrogens (tertiary/aromatic N) is 4. The van der Waals surface area contributed by atoms with Crippen molar-refractivity contribution < 1.29 is 9.66 Å². The summed E-state index contributed by atoms with van der Waals surface area (Å²) in [5, 5.41) is 17.2. The highest BCUT2D eigenvalue weighted by molar-refractivity contribution is 9.10. The first-order valence-corrected chi connectivity index (χ1v) is 12.6. The summed E-state index contributed by atoms with van der Waals surface area (Å²) in [5.41, 5.74) is 0.494. The van der Waals surface area contributed by atoms with E-state index in [-0.39, 0.29) is 17.9 Å². The minimum absolute atomic E-state index is 0.0907. The maximum absolute atomic E-state index is 13.4. The Morgan fingerprint density at radius 3 is 2.57 bits per heavy atom. The van der Waals surface area contributed by atoms with Gasteiger partial charge in [0.25, 0.3) is 11.2 Å². The lowest BCUT2D eigenvalue weighted by Crippen LogP contribution is -2.29. The summed E-state index contributed by atoms with van der Waals surface area (Å²) in [6.07, 6.45) is 1.36. The molecule has 11 heteroatoms. The Kier molecular flexibility index (Phi) is 7.68. The molecule has 0 aliphatic rings. The van der Waals surface area contributed by atoms with Crippen LogP contribution in [0.5, 0.6) is 5.75 Å². The van der Waals surface area contributed by atoms with Crippen molar-refractivity contribution >= 4 is 61.9 Å². The van der Waals surface area contributed by atoms with Gasteiger partial charge in [-0.2, -0.15) is 9.78 Å². The first kappa shape index (κ1) is 26.8. The van der Waals surface area contributed by atoms with Crippen LogP contribution in [0.15, 0.2) is 69.0 Å². The quantitative estimate of drug-likeness (QED) is 0.133. The third-order valence-electron chi connectivity index (χ3n) is 5.39. The third-order valence-corrected chi connectivity index (χ3v) is 6.47. The van der Waals surface area contributed by atoms with E-state index >= 15 is 0 Å². The maximum Gasteiger partial charge on any atom is 0.282 e. The van der Waals surface area contributed by atoms with Gasteiger partial charge in [-0.3, -0.25) is 14.9 Å². The lowest BCUT2D eigenvalue weighted by molar-refractivity contribution is -0.384. The number of fused-ring (bicyclic) bond motifs is 1. The summed E-state index contributed by atoms with van der Waals surface area (Å²) in [5.74, 6) is 0.756. The van der Waals surface area contributed by atoms with Gasteiger partial charge in [-0.05, 0) is 36.4 Å². The standard InChI is InChI=1S/C26H21BrCl2N4O4/c1-26(2,3)25-31-22-8-5-17(27)11-20(22)24(34)32(25)30-13-16-10-19(33(35)36)7-9-23(16)37-14-15-4-6-18(28)12-21(15)29/h4-13H,14H2,1-3H3. The van der Waals surface area contributed by atoms with Gasteiger partial charge in [-0.1, -0.05) is 66.0 Å². The summed E-state index contributed by atoms with van der Waals surface area (Å²) in [4.78, 5) is 29.0. The van der Waals surface area contributed by atoms with Crippen molar-refractivity contribution in [2.75, 3.05) is 0 Å². The van der Waals surface area contributed by atoms with Gasteiger partial charge in [-0.15, -0.1) is 0 Å². The fourth-order valence-corrected chi connectivity index (χ4v) is 4.36. The number of aromatic nitrogens is 2. The minimum atomic E-state index is -0.523. The molecule has 0 N–H and O–H groups in total. The zero-order valence-corrected chi connectivity index (χ0v) is 23.1. The second kappa shape index (κ2) is 10.6. The zero-order chi connectivity index (χ0) is 26.9. The minimum Gasteiger partial charge on any atom is -0.488 e. The number of hydrogen-bond acceptors (Lipinski definition) is 6. The Hall–Kier alpha value is -3.27. The van der Waals surface area contributed by atoms with Crippen molar-refractivity contribution in [3.8, 4) is 5.75 Å². The van der Waals surface area contributed by atoms with Crippen molar-refractivity contribution in [2.45, 2.75) is 32.8 Å². The van der Waals surface area contributed by atoms with Crippen LogP contribution in [0.3, 0.4) is 0 Å². The van der Waals surface area contributed by atoms with Gasteiger partial charge >= 0.3 is 0 Å². The molecule has 37 heavy (non-hydrogen) atoms. The van der Waals surface area contributed by atoms with E-state index in [0.29, 0.717) is 43.6 Å². The molecule has 0 atom stereocenters. The van der Waals surface area contributed by atoms with E-state index in [1.165, 1.54) is 29.1 Å². The molecule has 4 rings (SSSR count). The summed E-state index contributed by atoms with van der Waals surface area (Å²) in [7, 11) is 0. The lowest BCUT2D eigenvalue weighted by atomic mass is 9.95. The summed E-state index contributed by atoms with van der Waals surface area (Å²) >= 11 is 15.6. The topological polar surface area (TPSA) is 99.6 Å². The van der Waals surface area contributed by atoms with Gasteiger partial charge in [0.15, 0.2) is 0 Å². The molecular formula is C26H21BrCl2N4O4. The van der Waals surface area contributed by atoms with Crippen LogP contribution in [-0.2, 0) is 12.0 Å². The van der Waals surface area contributed by atoms with Gasteiger partial charge < -0.3 is 4.74 Å². The van der Waals surface area contributed by atoms with Gasteiger partial charge in [0.2, 0.25) is 0 Å². The van der Waals surface area contributed by atoms with Crippen LogP contribution in [0.4, 0.5) is 5.69 Å². The Morgan fingerprint density at radius 1 is 1.14 bits per heavy atom. The fourth-order valence-electron chi connectivity index (χ4n) is 3.54. The van der Waals surface area contributed by atoms with Gasteiger partial charge in [0.1, 0.15) is 18.2 Å². The molecule has 1 heterocycles. The first-order chi connectivity index (χ1) is 17.4. The van der Waals surface area contributed by atoms with Crippen LogP contribution in [0.2, 0.25) is 10.0 Å². The highest BCUT2D eigenvalue weighted by atomic mass is 79.9. The van der Waals surface area contributed by atoms with E-state index in [9.17, 15) is 14.9 Å². The van der Waals surface area contributed by atoms with E-state index < -0.39 is 10.3 Å². The predicted octanol–water partition coefficient (Wildman–Crippen LogP) is 7.13. The van der Waals surface area contributed by atoms with Crippen LogP contribution in [0, 0.1) is 10.1 Å². The molecule has 1 aromatic heterocycles. The normalized spacial score (nSPS) is 11.8. The van der Waals surface area contributed by atoms with E-state index in [0.717, 1.165) is 4.47 Å². The van der Waals surface area contributed by atoms with Gasteiger partial charge in [-0.25, -0.2) is 4.98 Å². The number of nitro benzene ring substituents is 1. The molecule has 0 amide bonds. The van der Waals surface area contributed by atoms with E-state index in [1.807, 2.05) is 26.8 Å². The Morgan fingerprint density at radius 2 is 1.89 bits per heavy atom. The molecule has 0 saturated carbocycles. The fraction of sp³-hybridized carbons (Fsp3) is 0.192. The van der Waals surface area contributed by atoms with Gasteiger partial charge in [0, 0.05) is 43.2 Å². The largest absolute Gasteiger partial charge is 0.488 e. The summed E-state index contributed by atoms with van der Waals surface area (Å²) in [6, 6.07) is 14.4. The Balaban J connectivity index is 1.80. The molecule has 190 valence electrons. The van der Waals surface area contributed by atoms with Crippen molar-refractivity contribution in [2.24, 2.45) is 5.10 Å². The van der Waals surface area contributed by atoms with Crippen LogP contribution >= 0.6 is 39.1 Å². The molecule has 0 aliphatic carbocycles. The number of hydrogen-bond donors (Lipinski definition) is 0. The maximum atomic E-state index is 13.4. The molecule has 0 aliphatic heterocycles. The Bertz CT molecular complexity index is 1610. The van der Waals surface area contributed by atoms with Gasteiger partial charge in [0.05, 0.1) is 22.0 Å². The van der Waals surface area contributed by atoms with E-state index in [2.05, 4.69) is 26.0 Å². The number of nitro groups is 1. The molecule has 0 bridgehead atoms. The molecule has 4 aromatic rings. The molecule has 0 spiro atoms. The monoisotopic (exact) mass is 602 g/mol. The second-order valence-corrected chi connectivity index (χ2v) is 11.0. The SMILES string of the molecule is CC(C)(C)c1nc2ccc(Br)cc2c(=O)n1N=Cc1cc([N+](=O)[O-])ccc1OCc1ccc(Cl)cc1Cl. The predicted molar refractivity (Wildman–Crippen MR) is 149 cm³/mol. The summed E-state index contributed by atoms with van der Waals surface area (Å²) in [6.45, 7) is 5.85. The number of benzene rings is 3. The number of ether oxygens (including phenoxy) is 1. The molecule has 0 unspecified atom stereocenters. The van der Waals surface area contributed by atoms with Crippen molar-refractivity contribution in [3.63, 3.8) is 0 Å². The first-order valence-electron chi connectivity index (χ1n) is 11.1. The highest BCUT2D eigenvalue weighted by Crippen LogP contribution is 2.27. The molecule has 0 fully saturated rings. The van der Waals surface area contributed by atoms with E-state index in [1.54, 1.807) is 30.3 Å².